The van der Waals surface area contributed by atoms with Crippen molar-refractivity contribution in [3.8, 4) is 0 Å². The number of hydrogen-bond donors (Lipinski definition) is 2. The summed E-state index contributed by atoms with van der Waals surface area (Å²) in [6.45, 7) is 1.75. The number of rotatable bonds is 3. The van der Waals surface area contributed by atoms with Crippen LogP contribution in [0.15, 0.2) is 18.5 Å². The number of amides is 1. The minimum atomic E-state index is -1.26. The molecule has 0 spiro atoms. The molecule has 19 heavy (non-hydrogen) atoms. The third kappa shape index (κ3) is 2.57. The van der Waals surface area contributed by atoms with Crippen LogP contribution in [-0.2, 0) is 7.05 Å². The van der Waals surface area contributed by atoms with E-state index in [9.17, 15) is 9.59 Å². The van der Waals surface area contributed by atoms with Gasteiger partial charge in [-0.1, -0.05) is 0 Å². The molecule has 0 fully saturated rings. The number of nitrogens with one attached hydrogen (secondary N) is 1. The standard InChI is InChI=1S/C11H11N5O3/c1-6-5-7(16(2)15-6)10(17)14-9-8(11(18)19)12-3-4-13-9/h3-5H,1-2H3,(H,18,19)(H,13,14,17). The summed E-state index contributed by atoms with van der Waals surface area (Å²) in [6, 6.07) is 1.59. The van der Waals surface area contributed by atoms with E-state index in [1.54, 1.807) is 20.0 Å². The van der Waals surface area contributed by atoms with Crippen molar-refractivity contribution in [1.29, 1.82) is 0 Å². The summed E-state index contributed by atoms with van der Waals surface area (Å²) in [5, 5.41) is 15.4. The van der Waals surface area contributed by atoms with Crippen molar-refractivity contribution in [2.24, 2.45) is 7.05 Å². The van der Waals surface area contributed by atoms with Gasteiger partial charge in [-0.05, 0) is 13.0 Å². The predicted molar refractivity (Wildman–Crippen MR) is 64.9 cm³/mol. The van der Waals surface area contributed by atoms with E-state index >= 15 is 0 Å². The zero-order chi connectivity index (χ0) is 14.0. The number of aromatic nitrogens is 4. The van der Waals surface area contributed by atoms with Gasteiger partial charge in [-0.2, -0.15) is 5.10 Å². The summed E-state index contributed by atoms with van der Waals surface area (Å²) in [7, 11) is 1.62. The number of aromatic carboxylic acids is 1. The highest BCUT2D eigenvalue weighted by Crippen LogP contribution is 2.11. The van der Waals surface area contributed by atoms with Crippen molar-refractivity contribution in [3.63, 3.8) is 0 Å². The average Bonchev–Trinajstić information content (AvgIpc) is 2.69. The fourth-order valence-corrected chi connectivity index (χ4v) is 1.58. The summed E-state index contributed by atoms with van der Waals surface area (Å²) in [4.78, 5) is 30.4. The Bertz CT molecular complexity index is 650. The monoisotopic (exact) mass is 261 g/mol. The van der Waals surface area contributed by atoms with Crippen molar-refractivity contribution in [2.75, 3.05) is 5.32 Å². The first kappa shape index (κ1) is 12.7. The summed E-state index contributed by atoms with van der Waals surface area (Å²) >= 11 is 0. The molecule has 0 aliphatic heterocycles. The van der Waals surface area contributed by atoms with E-state index in [0.29, 0.717) is 11.4 Å². The van der Waals surface area contributed by atoms with E-state index in [1.165, 1.54) is 17.1 Å². The van der Waals surface area contributed by atoms with Gasteiger partial charge in [0.1, 0.15) is 5.69 Å². The summed E-state index contributed by atoms with van der Waals surface area (Å²) in [5.74, 6) is -1.85. The predicted octanol–water partition coefficient (Wildman–Crippen LogP) is 0.469. The van der Waals surface area contributed by atoms with Crippen molar-refractivity contribution in [2.45, 2.75) is 6.92 Å². The first-order valence-electron chi connectivity index (χ1n) is 5.35. The maximum absolute atomic E-state index is 12.0. The van der Waals surface area contributed by atoms with Crippen molar-refractivity contribution in [3.05, 3.63) is 35.5 Å². The van der Waals surface area contributed by atoms with Gasteiger partial charge in [-0.15, -0.1) is 0 Å². The molecule has 0 aromatic carbocycles. The van der Waals surface area contributed by atoms with Gasteiger partial charge in [0, 0.05) is 19.4 Å². The van der Waals surface area contributed by atoms with E-state index in [1.807, 2.05) is 0 Å². The number of carboxylic acid groups (broad SMARTS) is 1. The quantitative estimate of drug-likeness (QED) is 0.831. The van der Waals surface area contributed by atoms with Crippen LogP contribution in [0.25, 0.3) is 0 Å². The van der Waals surface area contributed by atoms with Gasteiger partial charge in [0.2, 0.25) is 0 Å². The van der Waals surface area contributed by atoms with Crippen LogP contribution in [0.2, 0.25) is 0 Å². The highest BCUT2D eigenvalue weighted by atomic mass is 16.4. The van der Waals surface area contributed by atoms with Crippen LogP contribution in [-0.4, -0.2) is 36.7 Å². The number of hydrogen-bond acceptors (Lipinski definition) is 5. The Morgan fingerprint density at radius 3 is 2.58 bits per heavy atom. The molecule has 0 bridgehead atoms. The highest BCUT2D eigenvalue weighted by Gasteiger charge is 2.18. The maximum Gasteiger partial charge on any atom is 0.358 e. The zero-order valence-corrected chi connectivity index (χ0v) is 10.3. The van der Waals surface area contributed by atoms with Crippen molar-refractivity contribution >= 4 is 17.7 Å². The molecule has 8 nitrogen and oxygen atoms in total. The fourth-order valence-electron chi connectivity index (χ4n) is 1.58. The van der Waals surface area contributed by atoms with Crippen molar-refractivity contribution < 1.29 is 14.7 Å². The lowest BCUT2D eigenvalue weighted by molar-refractivity contribution is 0.0691. The largest absolute Gasteiger partial charge is 0.476 e. The third-order valence-electron chi connectivity index (χ3n) is 2.37. The van der Waals surface area contributed by atoms with Crippen LogP contribution in [0.5, 0.6) is 0 Å². The van der Waals surface area contributed by atoms with E-state index < -0.39 is 11.9 Å². The SMILES string of the molecule is Cc1cc(C(=O)Nc2nccnc2C(=O)O)n(C)n1. The van der Waals surface area contributed by atoms with E-state index in [2.05, 4.69) is 20.4 Å². The van der Waals surface area contributed by atoms with Gasteiger partial charge in [-0.25, -0.2) is 14.8 Å². The molecule has 8 heteroatoms. The molecule has 1 amide bonds. The van der Waals surface area contributed by atoms with Crippen LogP contribution in [0.3, 0.4) is 0 Å². The topological polar surface area (TPSA) is 110 Å². The van der Waals surface area contributed by atoms with Gasteiger partial charge in [0.25, 0.3) is 5.91 Å². The Morgan fingerprint density at radius 1 is 1.32 bits per heavy atom. The first-order valence-corrected chi connectivity index (χ1v) is 5.35. The van der Waals surface area contributed by atoms with Gasteiger partial charge < -0.3 is 10.4 Å². The second-order valence-corrected chi connectivity index (χ2v) is 3.81. The lowest BCUT2D eigenvalue weighted by Gasteiger charge is -2.06. The average molecular weight is 261 g/mol. The van der Waals surface area contributed by atoms with E-state index in [-0.39, 0.29) is 11.5 Å². The Kier molecular flexibility index (Phi) is 3.23. The number of carbonyl (C=O) groups is 2. The molecule has 98 valence electrons. The van der Waals surface area contributed by atoms with Crippen LogP contribution in [0.4, 0.5) is 5.82 Å². The minimum Gasteiger partial charge on any atom is -0.476 e. The number of nitrogens with zero attached hydrogens (tertiary/aromatic N) is 4. The molecule has 2 N–H and O–H groups in total. The Morgan fingerprint density at radius 2 is 2.00 bits per heavy atom. The lowest BCUT2D eigenvalue weighted by atomic mass is 10.3. The molecule has 0 saturated carbocycles. The molecule has 0 radical (unpaired) electrons. The van der Waals surface area contributed by atoms with Crippen LogP contribution in [0.1, 0.15) is 26.7 Å². The highest BCUT2D eigenvalue weighted by molar-refractivity contribution is 6.05. The van der Waals surface area contributed by atoms with Gasteiger partial charge in [0.05, 0.1) is 5.69 Å². The molecule has 2 aromatic rings. The van der Waals surface area contributed by atoms with Gasteiger partial charge in [0.15, 0.2) is 11.5 Å². The number of aryl methyl sites for hydroxylation is 2. The molecule has 0 aliphatic carbocycles. The van der Waals surface area contributed by atoms with Crippen molar-refractivity contribution in [1.82, 2.24) is 19.7 Å². The number of anilines is 1. The molecule has 2 aromatic heterocycles. The smallest absolute Gasteiger partial charge is 0.358 e. The molecule has 2 heterocycles. The fraction of sp³-hybridized carbons (Fsp3) is 0.182. The first-order chi connectivity index (χ1) is 8.99. The third-order valence-corrected chi connectivity index (χ3v) is 2.37. The molecule has 2 rings (SSSR count). The lowest BCUT2D eigenvalue weighted by Crippen LogP contribution is -2.19. The van der Waals surface area contributed by atoms with E-state index in [0.717, 1.165) is 0 Å². The Hall–Kier alpha value is -2.77. The molecule has 0 saturated heterocycles. The van der Waals surface area contributed by atoms with E-state index in [4.69, 9.17) is 5.11 Å². The normalized spacial score (nSPS) is 10.2. The summed E-state index contributed by atoms with van der Waals surface area (Å²) < 4.78 is 1.40. The molecule has 0 atom stereocenters. The summed E-state index contributed by atoms with van der Waals surface area (Å²) in [6.07, 6.45) is 2.55. The number of carbonyl (C=O) groups excluding carboxylic acids is 1. The van der Waals surface area contributed by atoms with Crippen LogP contribution >= 0.6 is 0 Å². The molecule has 0 aliphatic rings. The molecular weight excluding hydrogens is 250 g/mol. The van der Waals surface area contributed by atoms with Gasteiger partial charge >= 0.3 is 5.97 Å². The van der Waals surface area contributed by atoms with Gasteiger partial charge in [-0.3, -0.25) is 9.48 Å². The zero-order valence-electron chi connectivity index (χ0n) is 10.3. The second kappa shape index (κ2) is 4.84. The van der Waals surface area contributed by atoms with Crippen LogP contribution in [0, 0.1) is 6.92 Å². The maximum atomic E-state index is 12.0. The Labute approximate surface area is 108 Å². The second-order valence-electron chi connectivity index (χ2n) is 3.81. The molecular formula is C11H11N5O3. The van der Waals surface area contributed by atoms with Crippen LogP contribution < -0.4 is 5.32 Å². The minimum absolute atomic E-state index is 0.0983. The molecule has 0 unspecified atom stereocenters. The summed E-state index contributed by atoms with van der Waals surface area (Å²) in [5.41, 5.74) is 0.680. The number of carboxylic acids is 1. The Balaban J connectivity index is 2.29.